The highest BCUT2D eigenvalue weighted by Gasteiger charge is 2.30. The van der Waals surface area contributed by atoms with E-state index in [0.717, 1.165) is 44.2 Å². The minimum absolute atomic E-state index is 0.0479. The molecule has 0 radical (unpaired) electrons. The van der Waals surface area contributed by atoms with E-state index in [1.807, 2.05) is 12.1 Å². The van der Waals surface area contributed by atoms with Crippen molar-refractivity contribution in [1.82, 2.24) is 35.4 Å². The van der Waals surface area contributed by atoms with Crippen LogP contribution in [0.2, 0.25) is 0 Å². The van der Waals surface area contributed by atoms with Gasteiger partial charge in [-0.05, 0) is 55.9 Å². The Morgan fingerprint density at radius 1 is 1.12 bits per heavy atom. The van der Waals surface area contributed by atoms with Crippen molar-refractivity contribution < 1.29 is 18.8 Å². The summed E-state index contributed by atoms with van der Waals surface area (Å²) in [6.45, 7) is 0.738. The highest BCUT2D eigenvalue weighted by molar-refractivity contribution is 5.74. The molecule has 1 saturated carbocycles. The number of nitrogens with one attached hydrogen (secondary N) is 1. The molecule has 0 amide bonds. The van der Waals surface area contributed by atoms with Crippen LogP contribution in [0.3, 0.4) is 0 Å². The van der Waals surface area contributed by atoms with Gasteiger partial charge in [0.05, 0.1) is 5.92 Å². The molecule has 0 bridgehead atoms. The number of carboxylic acids is 1. The highest BCUT2D eigenvalue weighted by Crippen LogP contribution is 2.35. The van der Waals surface area contributed by atoms with Crippen molar-refractivity contribution in [3.8, 4) is 22.8 Å². The van der Waals surface area contributed by atoms with Crippen molar-refractivity contribution in [3.05, 3.63) is 78.5 Å². The molecule has 0 saturated heterocycles. The summed E-state index contributed by atoms with van der Waals surface area (Å²) >= 11 is 0. The number of allylic oxidation sites excluding steroid dienone is 6. The van der Waals surface area contributed by atoms with Crippen molar-refractivity contribution in [2.45, 2.75) is 56.3 Å². The molecule has 3 aliphatic carbocycles. The first kappa shape index (κ1) is 26.0. The third-order valence-corrected chi connectivity index (χ3v) is 7.80. The van der Waals surface area contributed by atoms with E-state index in [-0.39, 0.29) is 17.7 Å². The molecule has 10 nitrogen and oxygen atoms in total. The van der Waals surface area contributed by atoms with E-state index in [1.54, 1.807) is 35.3 Å². The number of hydrogen-bond acceptors (Lipinski definition) is 8. The van der Waals surface area contributed by atoms with Gasteiger partial charge in [-0.15, -0.1) is 5.10 Å². The molecule has 1 fully saturated rings. The summed E-state index contributed by atoms with van der Waals surface area (Å²) in [6.07, 6.45) is 19.0. The fourth-order valence-corrected chi connectivity index (χ4v) is 5.49. The summed E-state index contributed by atoms with van der Waals surface area (Å²) in [7, 11) is 0. The fourth-order valence-electron chi connectivity index (χ4n) is 5.49. The van der Waals surface area contributed by atoms with Gasteiger partial charge < -0.3 is 14.9 Å². The number of pyridine rings is 1. The highest BCUT2D eigenvalue weighted by atomic mass is 19.1. The summed E-state index contributed by atoms with van der Waals surface area (Å²) in [5, 5.41) is 25.6. The van der Waals surface area contributed by atoms with E-state index in [2.05, 4.69) is 49.0 Å². The van der Waals surface area contributed by atoms with E-state index in [0.29, 0.717) is 23.3 Å². The quantitative estimate of drug-likeness (QED) is 0.418. The molecule has 3 aromatic heterocycles. The molecule has 3 unspecified atom stereocenters. The van der Waals surface area contributed by atoms with Crippen LogP contribution >= 0.6 is 0 Å². The van der Waals surface area contributed by atoms with Crippen LogP contribution in [-0.4, -0.2) is 60.0 Å². The first-order chi connectivity index (χ1) is 19.6. The topological polar surface area (TPSA) is 132 Å². The Bertz CT molecular complexity index is 1470. The number of aromatic nitrogens is 6. The molecule has 0 spiro atoms. The zero-order chi connectivity index (χ0) is 27.5. The Labute approximate surface area is 230 Å². The Morgan fingerprint density at radius 3 is 2.65 bits per heavy atom. The smallest absolute Gasteiger partial charge is 0.306 e. The van der Waals surface area contributed by atoms with Gasteiger partial charge in [-0.1, -0.05) is 46.8 Å². The molecule has 40 heavy (non-hydrogen) atoms. The third-order valence-electron chi connectivity index (χ3n) is 7.80. The van der Waals surface area contributed by atoms with E-state index in [9.17, 15) is 14.3 Å². The summed E-state index contributed by atoms with van der Waals surface area (Å²) in [4.78, 5) is 19.9. The van der Waals surface area contributed by atoms with E-state index < -0.39 is 18.2 Å². The first-order valence-electron chi connectivity index (χ1n) is 13.6. The number of halogens is 1. The van der Waals surface area contributed by atoms with E-state index >= 15 is 0 Å². The Balaban J connectivity index is 1.15. The van der Waals surface area contributed by atoms with Crippen LogP contribution in [0, 0.1) is 5.92 Å². The van der Waals surface area contributed by atoms with Crippen molar-refractivity contribution in [2.75, 3.05) is 6.54 Å². The van der Waals surface area contributed by atoms with Crippen LogP contribution in [0.1, 0.15) is 49.9 Å². The van der Waals surface area contributed by atoms with Crippen LogP contribution in [0.4, 0.5) is 4.39 Å². The van der Waals surface area contributed by atoms with Gasteiger partial charge in [0.15, 0.2) is 11.5 Å². The summed E-state index contributed by atoms with van der Waals surface area (Å²) in [5.74, 6) is -0.174. The molecule has 3 aliphatic rings. The lowest BCUT2D eigenvalue weighted by Crippen LogP contribution is -2.35. The molecule has 3 aromatic rings. The summed E-state index contributed by atoms with van der Waals surface area (Å²) in [6, 6.07) is 3.32. The number of hydrogen-bond donors (Lipinski definition) is 2. The predicted molar refractivity (Wildman–Crippen MR) is 145 cm³/mol. The zero-order valence-corrected chi connectivity index (χ0v) is 21.8. The minimum atomic E-state index is -1.25. The van der Waals surface area contributed by atoms with E-state index in [1.165, 1.54) is 11.6 Å². The summed E-state index contributed by atoms with van der Waals surface area (Å²) < 4.78 is 22.0. The standard InChI is InChI=1S/C29H30FN7O3/c30-23-3-1-2-4-24(23)37-26(19-13-15-31-16-14-19)25(34-36-37)28-33-27(35-40-28)20-7-5-18(6-8-20)17-32-22-11-9-21(10-12-22)29(38)39/h1-7,13-16,20-24,32H,8-12,17H2,(H,38,39)/t20?,21-,22-,23?,24?. The number of rotatable bonds is 8. The molecule has 0 aromatic carbocycles. The van der Waals surface area contributed by atoms with Crippen LogP contribution in [0.5, 0.6) is 0 Å². The van der Waals surface area contributed by atoms with Crippen LogP contribution < -0.4 is 5.32 Å². The third kappa shape index (κ3) is 5.42. The van der Waals surface area contributed by atoms with Crippen molar-refractivity contribution >= 4 is 5.97 Å². The van der Waals surface area contributed by atoms with Gasteiger partial charge in [-0.3, -0.25) is 9.78 Å². The molecule has 0 aliphatic heterocycles. The number of carbonyl (C=O) groups is 1. The predicted octanol–water partition coefficient (Wildman–Crippen LogP) is 4.60. The molecule has 11 heteroatoms. The van der Waals surface area contributed by atoms with Crippen LogP contribution in [0.25, 0.3) is 22.8 Å². The molecule has 3 heterocycles. The number of aliphatic carboxylic acids is 1. The largest absolute Gasteiger partial charge is 0.481 e. The van der Waals surface area contributed by atoms with Crippen LogP contribution in [0.15, 0.2) is 77.2 Å². The maximum absolute atomic E-state index is 14.8. The molecule has 2 N–H and O–H groups in total. The van der Waals surface area contributed by atoms with Gasteiger partial charge in [0.25, 0.3) is 5.89 Å². The minimum Gasteiger partial charge on any atom is -0.481 e. The zero-order valence-electron chi connectivity index (χ0n) is 21.8. The average Bonchev–Trinajstić information content (AvgIpc) is 3.65. The molecule has 3 atom stereocenters. The second-order valence-corrected chi connectivity index (χ2v) is 10.4. The number of nitrogens with zero attached hydrogens (tertiary/aromatic N) is 6. The van der Waals surface area contributed by atoms with Gasteiger partial charge in [-0.25, -0.2) is 9.07 Å². The molecule has 6 rings (SSSR count). The van der Waals surface area contributed by atoms with Gasteiger partial charge in [0, 0.05) is 36.5 Å². The molecular formula is C29H30FN7O3. The van der Waals surface area contributed by atoms with Crippen molar-refractivity contribution in [1.29, 1.82) is 0 Å². The summed E-state index contributed by atoms with van der Waals surface area (Å²) in [5.41, 5.74) is 2.91. The van der Waals surface area contributed by atoms with Gasteiger partial charge in [0.1, 0.15) is 17.9 Å². The SMILES string of the molecule is O=C(O)[C@H]1CC[C@H](NCC2=CCC(c3noc(-c4nnn(C5C=CC=CC5F)c4-c4ccncc4)n3)C=C2)CC1. The average molecular weight is 544 g/mol. The Kier molecular flexibility index (Phi) is 7.45. The lowest BCUT2D eigenvalue weighted by molar-refractivity contribution is -0.142. The van der Waals surface area contributed by atoms with Gasteiger partial charge in [0.2, 0.25) is 0 Å². The number of carboxylic acid groups (broad SMARTS) is 1. The van der Waals surface area contributed by atoms with Crippen LogP contribution in [-0.2, 0) is 4.79 Å². The maximum Gasteiger partial charge on any atom is 0.306 e. The lowest BCUT2D eigenvalue weighted by Gasteiger charge is -2.27. The van der Waals surface area contributed by atoms with E-state index in [4.69, 9.17) is 4.52 Å². The van der Waals surface area contributed by atoms with Gasteiger partial charge >= 0.3 is 5.97 Å². The van der Waals surface area contributed by atoms with Gasteiger partial charge in [-0.2, -0.15) is 4.98 Å². The number of alkyl halides is 1. The second kappa shape index (κ2) is 11.5. The fraction of sp³-hybridized carbons (Fsp3) is 0.379. The lowest BCUT2D eigenvalue weighted by atomic mass is 9.86. The maximum atomic E-state index is 14.8. The first-order valence-corrected chi connectivity index (χ1v) is 13.6. The van der Waals surface area contributed by atoms with Crippen molar-refractivity contribution in [2.24, 2.45) is 5.92 Å². The molecular weight excluding hydrogens is 513 g/mol. The van der Waals surface area contributed by atoms with Crippen molar-refractivity contribution in [3.63, 3.8) is 0 Å². The Hall–Kier alpha value is -4.25. The Morgan fingerprint density at radius 2 is 1.93 bits per heavy atom. The normalized spacial score (nSPS) is 26.1. The second-order valence-electron chi connectivity index (χ2n) is 10.4. The monoisotopic (exact) mass is 543 g/mol. The molecule has 206 valence electrons.